The lowest BCUT2D eigenvalue weighted by atomic mass is 9.95. The van der Waals surface area contributed by atoms with Crippen LogP contribution in [-0.4, -0.2) is 34.8 Å². The molecule has 100 valence electrons. The van der Waals surface area contributed by atoms with Crippen molar-refractivity contribution in [2.45, 2.75) is 19.3 Å². The molecule has 1 atom stereocenters. The third kappa shape index (κ3) is 3.09. The molecule has 0 aliphatic carbocycles. The van der Waals surface area contributed by atoms with E-state index in [1.54, 1.807) is 6.20 Å². The van der Waals surface area contributed by atoms with Gasteiger partial charge in [0.05, 0.1) is 4.47 Å². The molecule has 1 aromatic rings. The van der Waals surface area contributed by atoms with Crippen LogP contribution in [-0.2, 0) is 0 Å². The largest absolute Gasteiger partial charge is 0.396 e. The highest BCUT2D eigenvalue weighted by molar-refractivity contribution is 9.10. The zero-order valence-corrected chi connectivity index (χ0v) is 11.7. The minimum absolute atomic E-state index is 0.249. The molecule has 6 nitrogen and oxygen atoms in total. The van der Waals surface area contributed by atoms with Crippen LogP contribution in [0.1, 0.15) is 19.3 Å². The van der Waals surface area contributed by atoms with Crippen molar-refractivity contribution in [2.75, 3.05) is 30.0 Å². The quantitative estimate of drug-likeness (QED) is 0.570. The summed E-state index contributed by atoms with van der Waals surface area (Å²) in [5, 5.41) is 9.03. The Labute approximate surface area is 115 Å². The van der Waals surface area contributed by atoms with Gasteiger partial charge >= 0.3 is 0 Å². The molecule has 0 bridgehead atoms. The van der Waals surface area contributed by atoms with E-state index in [0.29, 0.717) is 11.9 Å². The van der Waals surface area contributed by atoms with Gasteiger partial charge in [-0.25, -0.2) is 10.8 Å². The summed E-state index contributed by atoms with van der Waals surface area (Å²) in [5.74, 6) is 7.14. The molecule has 2 rings (SSSR count). The molecule has 1 aromatic heterocycles. The van der Waals surface area contributed by atoms with Crippen LogP contribution >= 0.6 is 15.9 Å². The standard InChI is InChI=1S/C11H18BrN5O/c12-9-6-14-11(16-13)15-10(9)17-4-1-2-8(7-17)3-5-18/h6,8,18H,1-5,7,13H2,(H,14,15,16). The highest BCUT2D eigenvalue weighted by Crippen LogP contribution is 2.29. The van der Waals surface area contributed by atoms with E-state index in [9.17, 15) is 0 Å². The molecule has 0 aromatic carbocycles. The van der Waals surface area contributed by atoms with E-state index in [2.05, 4.69) is 36.2 Å². The van der Waals surface area contributed by atoms with E-state index >= 15 is 0 Å². The molecule has 1 saturated heterocycles. The second kappa shape index (κ2) is 6.31. The lowest BCUT2D eigenvalue weighted by molar-refractivity contribution is 0.244. The van der Waals surface area contributed by atoms with Gasteiger partial charge in [-0.05, 0) is 41.1 Å². The number of rotatable bonds is 4. The van der Waals surface area contributed by atoms with Crippen molar-refractivity contribution in [3.63, 3.8) is 0 Å². The first-order valence-corrected chi connectivity index (χ1v) is 6.89. The van der Waals surface area contributed by atoms with Gasteiger partial charge < -0.3 is 10.0 Å². The zero-order chi connectivity index (χ0) is 13.0. The predicted molar refractivity (Wildman–Crippen MR) is 74.2 cm³/mol. The third-order valence-electron chi connectivity index (χ3n) is 3.21. The summed E-state index contributed by atoms with van der Waals surface area (Å²) in [5.41, 5.74) is 2.46. The van der Waals surface area contributed by atoms with Crippen LogP contribution in [0.5, 0.6) is 0 Å². The summed E-state index contributed by atoms with van der Waals surface area (Å²) >= 11 is 3.47. The molecule has 1 aliphatic rings. The number of halogens is 1. The van der Waals surface area contributed by atoms with Crippen molar-refractivity contribution < 1.29 is 5.11 Å². The molecular weight excluding hydrogens is 298 g/mol. The Morgan fingerprint density at radius 3 is 3.17 bits per heavy atom. The number of anilines is 2. The zero-order valence-electron chi connectivity index (χ0n) is 10.1. The molecule has 2 heterocycles. The van der Waals surface area contributed by atoms with Crippen LogP contribution in [0.4, 0.5) is 11.8 Å². The fourth-order valence-electron chi connectivity index (χ4n) is 2.33. The maximum Gasteiger partial charge on any atom is 0.239 e. The van der Waals surface area contributed by atoms with Crippen LogP contribution in [0.2, 0.25) is 0 Å². The van der Waals surface area contributed by atoms with Gasteiger partial charge in [0, 0.05) is 25.9 Å². The Morgan fingerprint density at radius 1 is 1.61 bits per heavy atom. The van der Waals surface area contributed by atoms with Crippen molar-refractivity contribution in [2.24, 2.45) is 11.8 Å². The minimum Gasteiger partial charge on any atom is -0.396 e. The van der Waals surface area contributed by atoms with E-state index in [4.69, 9.17) is 10.9 Å². The molecule has 4 N–H and O–H groups in total. The lowest BCUT2D eigenvalue weighted by Crippen LogP contribution is -2.36. The first kappa shape index (κ1) is 13.5. The average Bonchev–Trinajstić information content (AvgIpc) is 2.40. The van der Waals surface area contributed by atoms with Crippen molar-refractivity contribution in [1.29, 1.82) is 0 Å². The van der Waals surface area contributed by atoms with E-state index in [1.807, 2.05) is 0 Å². The Kier molecular flexibility index (Phi) is 4.73. The molecular formula is C11H18BrN5O. The summed E-state index contributed by atoms with van der Waals surface area (Å²) in [7, 11) is 0. The van der Waals surface area contributed by atoms with Gasteiger partial charge in [0.1, 0.15) is 5.82 Å². The van der Waals surface area contributed by atoms with Crippen molar-refractivity contribution >= 4 is 27.7 Å². The summed E-state index contributed by atoms with van der Waals surface area (Å²) in [6.45, 7) is 2.14. The van der Waals surface area contributed by atoms with E-state index in [-0.39, 0.29) is 6.61 Å². The number of nitrogens with two attached hydrogens (primary N) is 1. The molecule has 0 amide bonds. The van der Waals surface area contributed by atoms with Crippen LogP contribution in [0.3, 0.4) is 0 Å². The maximum atomic E-state index is 9.03. The lowest BCUT2D eigenvalue weighted by Gasteiger charge is -2.33. The molecule has 0 saturated carbocycles. The average molecular weight is 316 g/mol. The smallest absolute Gasteiger partial charge is 0.239 e. The normalized spacial score (nSPS) is 19.9. The summed E-state index contributed by atoms with van der Waals surface area (Å²) in [6, 6.07) is 0. The van der Waals surface area contributed by atoms with Crippen LogP contribution < -0.4 is 16.2 Å². The summed E-state index contributed by atoms with van der Waals surface area (Å²) in [4.78, 5) is 10.6. The molecule has 1 fully saturated rings. The predicted octanol–water partition coefficient (Wildman–Crippen LogP) is 1.12. The summed E-state index contributed by atoms with van der Waals surface area (Å²) in [6.07, 6.45) is 4.84. The third-order valence-corrected chi connectivity index (χ3v) is 3.77. The minimum atomic E-state index is 0.249. The van der Waals surface area contributed by atoms with Crippen molar-refractivity contribution in [1.82, 2.24) is 9.97 Å². The SMILES string of the molecule is NNc1ncc(Br)c(N2CCCC(CCO)C2)n1. The molecule has 1 aliphatic heterocycles. The fraction of sp³-hybridized carbons (Fsp3) is 0.636. The van der Waals surface area contributed by atoms with Gasteiger partial charge in [-0.2, -0.15) is 4.98 Å². The molecule has 0 spiro atoms. The summed E-state index contributed by atoms with van der Waals surface area (Å²) < 4.78 is 0.867. The highest BCUT2D eigenvalue weighted by atomic mass is 79.9. The molecule has 7 heteroatoms. The first-order chi connectivity index (χ1) is 8.74. The van der Waals surface area contributed by atoms with Crippen LogP contribution in [0, 0.1) is 5.92 Å². The molecule has 1 unspecified atom stereocenters. The number of hydrogen-bond donors (Lipinski definition) is 3. The molecule has 0 radical (unpaired) electrons. The number of aromatic nitrogens is 2. The number of aliphatic hydroxyl groups is 1. The van der Waals surface area contributed by atoms with Gasteiger partial charge in [0.25, 0.3) is 0 Å². The number of nitrogens with one attached hydrogen (secondary N) is 1. The van der Waals surface area contributed by atoms with Gasteiger partial charge in [0.2, 0.25) is 5.95 Å². The number of nitrogens with zero attached hydrogens (tertiary/aromatic N) is 3. The van der Waals surface area contributed by atoms with E-state index in [1.165, 1.54) is 6.42 Å². The number of piperidine rings is 1. The van der Waals surface area contributed by atoms with Crippen LogP contribution in [0.15, 0.2) is 10.7 Å². The van der Waals surface area contributed by atoms with Crippen LogP contribution in [0.25, 0.3) is 0 Å². The van der Waals surface area contributed by atoms with Gasteiger partial charge in [-0.15, -0.1) is 0 Å². The Bertz CT molecular complexity index is 401. The van der Waals surface area contributed by atoms with E-state index < -0.39 is 0 Å². The van der Waals surface area contributed by atoms with Crippen molar-refractivity contribution in [3.05, 3.63) is 10.7 Å². The fourth-order valence-corrected chi connectivity index (χ4v) is 2.77. The van der Waals surface area contributed by atoms with Gasteiger partial charge in [-0.3, -0.25) is 5.43 Å². The first-order valence-electron chi connectivity index (χ1n) is 6.09. The maximum absolute atomic E-state index is 9.03. The Balaban J connectivity index is 2.14. The second-order valence-electron chi connectivity index (χ2n) is 4.48. The van der Waals surface area contributed by atoms with E-state index in [0.717, 1.165) is 36.2 Å². The number of hydrogen-bond acceptors (Lipinski definition) is 6. The Hall–Kier alpha value is -0.920. The van der Waals surface area contributed by atoms with Gasteiger partial charge in [0.15, 0.2) is 0 Å². The highest BCUT2D eigenvalue weighted by Gasteiger charge is 2.22. The molecule has 18 heavy (non-hydrogen) atoms. The van der Waals surface area contributed by atoms with Gasteiger partial charge in [-0.1, -0.05) is 0 Å². The number of nitrogen functional groups attached to an aromatic ring is 1. The topological polar surface area (TPSA) is 87.3 Å². The Morgan fingerprint density at radius 2 is 2.44 bits per heavy atom. The van der Waals surface area contributed by atoms with Crippen molar-refractivity contribution in [3.8, 4) is 0 Å². The monoisotopic (exact) mass is 315 g/mol. The number of aliphatic hydroxyl groups excluding tert-OH is 1. The number of hydrazine groups is 1. The second-order valence-corrected chi connectivity index (χ2v) is 5.33.